The van der Waals surface area contributed by atoms with Crippen molar-refractivity contribution in [2.45, 2.75) is 39.2 Å². The molecule has 1 saturated carbocycles. The summed E-state index contributed by atoms with van der Waals surface area (Å²) >= 11 is 1.55. The molecule has 2 aliphatic rings. The molecule has 1 amide bonds. The molecule has 1 aromatic rings. The lowest BCUT2D eigenvalue weighted by molar-refractivity contribution is 0.0784. The fourth-order valence-electron chi connectivity index (χ4n) is 3.53. The highest BCUT2D eigenvalue weighted by molar-refractivity contribution is 7.13. The Morgan fingerprint density at radius 2 is 2.05 bits per heavy atom. The quantitative estimate of drug-likeness (QED) is 0.843. The van der Waals surface area contributed by atoms with Gasteiger partial charge in [-0.1, -0.05) is 6.92 Å². The first-order valence-electron chi connectivity index (χ1n) is 7.93. The van der Waals surface area contributed by atoms with E-state index in [0.717, 1.165) is 41.0 Å². The number of halogens is 1. The zero-order valence-corrected chi connectivity index (χ0v) is 15.5. The predicted octanol–water partition coefficient (Wildman–Crippen LogP) is 2.85. The number of aromatic nitrogens is 1. The summed E-state index contributed by atoms with van der Waals surface area (Å²) in [6, 6.07) is 0.514. The fraction of sp³-hybridized carbons (Fsp3) is 0.750. The lowest BCUT2D eigenvalue weighted by Crippen LogP contribution is -2.36. The number of rotatable bonds is 4. The zero-order valence-electron chi connectivity index (χ0n) is 13.8. The first kappa shape index (κ1) is 17.7. The minimum atomic E-state index is 0. The molecule has 0 bridgehead atoms. The van der Waals surface area contributed by atoms with Gasteiger partial charge in [0.05, 0.1) is 10.7 Å². The van der Waals surface area contributed by atoms with Crippen molar-refractivity contribution in [3.63, 3.8) is 0 Å². The monoisotopic (exact) mass is 343 g/mol. The Hall–Kier alpha value is -0.650. The highest BCUT2D eigenvalue weighted by atomic mass is 35.5. The minimum Gasteiger partial charge on any atom is -0.336 e. The Bertz CT molecular complexity index is 531. The summed E-state index contributed by atoms with van der Waals surface area (Å²) in [5.74, 6) is 1.69. The first-order valence-corrected chi connectivity index (χ1v) is 8.75. The van der Waals surface area contributed by atoms with Crippen LogP contribution in [0.2, 0.25) is 0 Å². The van der Waals surface area contributed by atoms with E-state index < -0.39 is 0 Å². The van der Waals surface area contributed by atoms with Crippen LogP contribution < -0.4 is 0 Å². The molecule has 4 nitrogen and oxygen atoms in total. The van der Waals surface area contributed by atoms with E-state index in [2.05, 4.69) is 35.8 Å². The lowest BCUT2D eigenvalue weighted by Gasteiger charge is -2.24. The molecule has 0 radical (unpaired) electrons. The Labute approximate surface area is 143 Å². The van der Waals surface area contributed by atoms with Crippen LogP contribution in [0.4, 0.5) is 0 Å². The third-order valence-electron chi connectivity index (χ3n) is 4.84. The van der Waals surface area contributed by atoms with Crippen LogP contribution in [0, 0.1) is 18.8 Å². The Morgan fingerprint density at radius 3 is 2.59 bits per heavy atom. The minimum absolute atomic E-state index is 0. The van der Waals surface area contributed by atoms with Gasteiger partial charge < -0.3 is 9.80 Å². The second kappa shape index (κ2) is 6.85. The van der Waals surface area contributed by atoms with Gasteiger partial charge in [-0.3, -0.25) is 4.79 Å². The van der Waals surface area contributed by atoms with Crippen molar-refractivity contribution in [3.05, 3.63) is 15.6 Å². The van der Waals surface area contributed by atoms with Gasteiger partial charge in [0.2, 0.25) is 0 Å². The molecule has 0 aromatic carbocycles. The van der Waals surface area contributed by atoms with Crippen LogP contribution in [0.25, 0.3) is 0 Å². The maximum absolute atomic E-state index is 12.9. The molecule has 1 aliphatic heterocycles. The summed E-state index contributed by atoms with van der Waals surface area (Å²) < 4.78 is 0. The van der Waals surface area contributed by atoms with Gasteiger partial charge in [0.1, 0.15) is 4.88 Å². The lowest BCUT2D eigenvalue weighted by atomic mass is 9.97. The van der Waals surface area contributed by atoms with Crippen molar-refractivity contribution in [1.82, 2.24) is 14.8 Å². The number of likely N-dealkylation sites (tertiary alicyclic amines) is 1. The highest BCUT2D eigenvalue weighted by Crippen LogP contribution is 2.43. The second-order valence-corrected chi connectivity index (χ2v) is 7.81. The number of hydrogen-bond donors (Lipinski definition) is 0. The number of nitrogens with zero attached hydrogens (tertiary/aromatic N) is 3. The van der Waals surface area contributed by atoms with E-state index in [9.17, 15) is 4.79 Å². The standard InChI is InChI=1S/C16H25N3OS.ClH/c1-5-13-15(21-10(2)17-13)16(20)19-8-12(11-6-7-11)14(9-19)18(3)4;/h11-12,14H,5-9H2,1-4H3;1H/t12-,14+;/m1./s1. The number of hydrogen-bond acceptors (Lipinski definition) is 4. The molecule has 0 unspecified atom stereocenters. The molecule has 2 fully saturated rings. The van der Waals surface area contributed by atoms with Crippen molar-refractivity contribution in [1.29, 1.82) is 0 Å². The van der Waals surface area contributed by atoms with Crippen molar-refractivity contribution >= 4 is 29.7 Å². The van der Waals surface area contributed by atoms with Crippen LogP contribution in [0.3, 0.4) is 0 Å². The summed E-state index contributed by atoms with van der Waals surface area (Å²) in [6.07, 6.45) is 3.52. The number of aryl methyl sites for hydroxylation is 2. The molecule has 0 N–H and O–H groups in total. The summed E-state index contributed by atoms with van der Waals surface area (Å²) in [5.41, 5.74) is 0.971. The summed E-state index contributed by atoms with van der Waals surface area (Å²) in [6.45, 7) is 5.85. The van der Waals surface area contributed by atoms with E-state index >= 15 is 0 Å². The Morgan fingerprint density at radius 1 is 1.36 bits per heavy atom. The fourth-order valence-corrected chi connectivity index (χ4v) is 4.51. The number of carbonyl (C=O) groups is 1. The SMILES string of the molecule is CCc1nc(C)sc1C(=O)N1C[C@H](C2CC2)[C@@H](N(C)C)C1.Cl. The number of likely N-dealkylation sites (N-methyl/N-ethyl adjacent to an activating group) is 1. The molecule has 0 spiro atoms. The Kier molecular flexibility index (Phi) is 5.51. The molecule has 2 atom stereocenters. The van der Waals surface area contributed by atoms with Crippen LogP contribution >= 0.6 is 23.7 Å². The predicted molar refractivity (Wildman–Crippen MR) is 93.1 cm³/mol. The van der Waals surface area contributed by atoms with Gasteiger partial charge in [-0.2, -0.15) is 0 Å². The summed E-state index contributed by atoms with van der Waals surface area (Å²) in [5, 5.41) is 0.997. The first-order chi connectivity index (χ1) is 10.0. The van der Waals surface area contributed by atoms with Crippen molar-refractivity contribution in [2.75, 3.05) is 27.2 Å². The van der Waals surface area contributed by atoms with E-state index in [1.165, 1.54) is 12.8 Å². The van der Waals surface area contributed by atoms with Crippen LogP contribution in [-0.2, 0) is 6.42 Å². The van der Waals surface area contributed by atoms with E-state index in [1.54, 1.807) is 11.3 Å². The van der Waals surface area contributed by atoms with E-state index in [4.69, 9.17) is 0 Å². The van der Waals surface area contributed by atoms with Crippen molar-refractivity contribution in [2.24, 2.45) is 11.8 Å². The normalized spacial score (nSPS) is 24.7. The Balaban J connectivity index is 0.00000176. The van der Waals surface area contributed by atoms with Crippen molar-refractivity contribution < 1.29 is 4.79 Å². The van der Waals surface area contributed by atoms with E-state index in [0.29, 0.717) is 12.0 Å². The summed E-state index contributed by atoms with van der Waals surface area (Å²) in [4.78, 5) is 22.6. The molecule has 1 saturated heterocycles. The number of carbonyl (C=O) groups excluding carboxylic acids is 1. The number of thiazole rings is 1. The molecule has 1 aromatic heterocycles. The van der Waals surface area contributed by atoms with Gasteiger partial charge >= 0.3 is 0 Å². The topological polar surface area (TPSA) is 36.4 Å². The smallest absolute Gasteiger partial charge is 0.265 e. The molecular formula is C16H26ClN3OS. The average Bonchev–Trinajstić information content (AvgIpc) is 3.07. The molecule has 2 heterocycles. The van der Waals surface area contributed by atoms with Crippen LogP contribution in [0.1, 0.15) is 40.1 Å². The van der Waals surface area contributed by atoms with Crippen LogP contribution in [0.15, 0.2) is 0 Å². The maximum atomic E-state index is 12.9. The van der Waals surface area contributed by atoms with Crippen molar-refractivity contribution in [3.8, 4) is 0 Å². The third kappa shape index (κ3) is 3.31. The van der Waals surface area contributed by atoms with E-state index in [-0.39, 0.29) is 18.3 Å². The zero-order chi connectivity index (χ0) is 15.1. The summed E-state index contributed by atoms with van der Waals surface area (Å²) in [7, 11) is 4.28. The van der Waals surface area contributed by atoms with Gasteiger partial charge in [0.25, 0.3) is 5.91 Å². The maximum Gasteiger partial charge on any atom is 0.265 e. The number of amides is 1. The second-order valence-electron chi connectivity index (χ2n) is 6.60. The molecule has 1 aliphatic carbocycles. The van der Waals surface area contributed by atoms with Gasteiger partial charge in [0.15, 0.2) is 0 Å². The molecule has 3 rings (SSSR count). The van der Waals surface area contributed by atoms with Gasteiger partial charge in [0, 0.05) is 19.1 Å². The van der Waals surface area contributed by atoms with E-state index in [1.807, 2.05) is 6.92 Å². The highest BCUT2D eigenvalue weighted by Gasteiger charge is 2.45. The van der Waals surface area contributed by atoms with Crippen LogP contribution in [0.5, 0.6) is 0 Å². The van der Waals surface area contributed by atoms with Gasteiger partial charge in [-0.05, 0) is 52.1 Å². The van der Waals surface area contributed by atoms with Gasteiger partial charge in [-0.15, -0.1) is 23.7 Å². The molecular weight excluding hydrogens is 318 g/mol. The average molecular weight is 344 g/mol. The molecule has 124 valence electrons. The molecule has 22 heavy (non-hydrogen) atoms. The van der Waals surface area contributed by atoms with Crippen LogP contribution in [-0.4, -0.2) is 53.9 Å². The molecule has 6 heteroatoms. The third-order valence-corrected chi connectivity index (χ3v) is 5.85. The largest absolute Gasteiger partial charge is 0.336 e. The van der Waals surface area contributed by atoms with Gasteiger partial charge in [-0.25, -0.2) is 4.98 Å².